The predicted molar refractivity (Wildman–Crippen MR) is 54.2 cm³/mol. The van der Waals surface area contributed by atoms with Gasteiger partial charge in [0, 0.05) is 13.3 Å². The van der Waals surface area contributed by atoms with Crippen LogP contribution in [-0.2, 0) is 14.3 Å². The van der Waals surface area contributed by atoms with Crippen LogP contribution in [0.15, 0.2) is 12.7 Å². The number of hydrogen-bond donors (Lipinski definition) is 0. The lowest BCUT2D eigenvalue weighted by Crippen LogP contribution is -2.35. The number of alkyl halides is 1. The first-order valence-corrected chi connectivity index (χ1v) is 5.17. The molecule has 1 aliphatic heterocycles. The zero-order valence-electron chi connectivity index (χ0n) is 9.11. The van der Waals surface area contributed by atoms with E-state index in [0.29, 0.717) is 12.8 Å². The van der Waals surface area contributed by atoms with Crippen molar-refractivity contribution in [2.75, 3.05) is 0 Å². The van der Waals surface area contributed by atoms with Crippen LogP contribution in [0.3, 0.4) is 0 Å². The Labute approximate surface area is 89.2 Å². The second-order valence-electron chi connectivity index (χ2n) is 3.68. The van der Waals surface area contributed by atoms with E-state index in [1.54, 1.807) is 6.08 Å². The Morgan fingerprint density at radius 2 is 2.47 bits per heavy atom. The molecule has 0 radical (unpaired) electrons. The molecular weight excluding hydrogens is 199 g/mol. The Hall–Kier alpha value is -0.900. The first-order chi connectivity index (χ1) is 7.08. The molecule has 1 fully saturated rings. The van der Waals surface area contributed by atoms with Gasteiger partial charge in [-0.25, -0.2) is 4.39 Å². The summed E-state index contributed by atoms with van der Waals surface area (Å²) >= 11 is 0. The molecule has 0 aliphatic carbocycles. The smallest absolute Gasteiger partial charge is 0.302 e. The van der Waals surface area contributed by atoms with Gasteiger partial charge in [-0.05, 0) is 6.42 Å². The van der Waals surface area contributed by atoms with Gasteiger partial charge in [0.25, 0.3) is 0 Å². The molecule has 0 spiro atoms. The summed E-state index contributed by atoms with van der Waals surface area (Å²) in [5, 5.41) is 0. The summed E-state index contributed by atoms with van der Waals surface area (Å²) in [5.41, 5.74) is 0. The standard InChI is InChI=1S/C11H17FO3/c1-4-8-6-9(12)11(15-8)10(5-2)14-7(3)13/h4,8-11H,1,5-6H2,2-3H3/t8-,9-,10+,11+/m1/s1. The maximum atomic E-state index is 13.5. The van der Waals surface area contributed by atoms with Gasteiger partial charge in [0.2, 0.25) is 0 Å². The van der Waals surface area contributed by atoms with Gasteiger partial charge in [0.15, 0.2) is 0 Å². The summed E-state index contributed by atoms with van der Waals surface area (Å²) < 4.78 is 24.0. The minimum Gasteiger partial charge on any atom is -0.460 e. The van der Waals surface area contributed by atoms with E-state index in [4.69, 9.17) is 9.47 Å². The fourth-order valence-electron chi connectivity index (χ4n) is 1.77. The lowest BCUT2D eigenvalue weighted by molar-refractivity contribution is -0.155. The Morgan fingerprint density at radius 1 is 1.80 bits per heavy atom. The van der Waals surface area contributed by atoms with Gasteiger partial charge in [-0.2, -0.15) is 0 Å². The van der Waals surface area contributed by atoms with Crippen molar-refractivity contribution >= 4 is 5.97 Å². The third-order valence-electron chi connectivity index (χ3n) is 2.49. The van der Waals surface area contributed by atoms with Crippen molar-refractivity contribution < 1.29 is 18.7 Å². The van der Waals surface area contributed by atoms with Crippen molar-refractivity contribution in [1.29, 1.82) is 0 Å². The molecule has 0 aromatic heterocycles. The molecule has 1 rings (SSSR count). The van der Waals surface area contributed by atoms with E-state index in [1.807, 2.05) is 6.92 Å². The Morgan fingerprint density at radius 3 is 2.87 bits per heavy atom. The molecule has 4 heteroatoms. The van der Waals surface area contributed by atoms with E-state index >= 15 is 0 Å². The van der Waals surface area contributed by atoms with Gasteiger partial charge >= 0.3 is 5.97 Å². The van der Waals surface area contributed by atoms with Crippen LogP contribution in [0.2, 0.25) is 0 Å². The second-order valence-corrected chi connectivity index (χ2v) is 3.68. The molecule has 1 saturated heterocycles. The Balaban J connectivity index is 2.60. The molecular formula is C11H17FO3. The van der Waals surface area contributed by atoms with Gasteiger partial charge in [0.05, 0.1) is 6.10 Å². The highest BCUT2D eigenvalue weighted by Gasteiger charge is 2.40. The molecule has 0 aromatic rings. The van der Waals surface area contributed by atoms with Crippen LogP contribution in [-0.4, -0.2) is 30.5 Å². The maximum absolute atomic E-state index is 13.5. The van der Waals surface area contributed by atoms with Gasteiger partial charge in [-0.15, -0.1) is 6.58 Å². The van der Waals surface area contributed by atoms with Crippen LogP contribution < -0.4 is 0 Å². The quantitative estimate of drug-likeness (QED) is 0.532. The zero-order chi connectivity index (χ0) is 11.4. The van der Waals surface area contributed by atoms with Gasteiger partial charge < -0.3 is 9.47 Å². The van der Waals surface area contributed by atoms with Gasteiger partial charge in [-0.3, -0.25) is 4.79 Å². The fourth-order valence-corrected chi connectivity index (χ4v) is 1.77. The van der Waals surface area contributed by atoms with Crippen LogP contribution in [0.5, 0.6) is 0 Å². The molecule has 15 heavy (non-hydrogen) atoms. The van der Waals surface area contributed by atoms with Crippen molar-refractivity contribution in [3.8, 4) is 0 Å². The summed E-state index contributed by atoms with van der Waals surface area (Å²) in [6.07, 6.45) is -0.0793. The van der Waals surface area contributed by atoms with Gasteiger partial charge in [0.1, 0.15) is 18.4 Å². The van der Waals surface area contributed by atoms with Crippen molar-refractivity contribution in [3.63, 3.8) is 0 Å². The normalized spacial score (nSPS) is 32.3. The summed E-state index contributed by atoms with van der Waals surface area (Å²) in [7, 11) is 0. The van der Waals surface area contributed by atoms with Crippen LogP contribution in [0, 0.1) is 0 Å². The molecule has 1 heterocycles. The summed E-state index contributed by atoms with van der Waals surface area (Å²) in [5.74, 6) is -0.403. The molecule has 0 aromatic carbocycles. The Kier molecular flexibility index (Phi) is 4.27. The van der Waals surface area contributed by atoms with E-state index in [9.17, 15) is 9.18 Å². The van der Waals surface area contributed by atoms with E-state index in [1.165, 1.54) is 6.92 Å². The molecule has 0 unspecified atom stereocenters. The fraction of sp³-hybridized carbons (Fsp3) is 0.727. The van der Waals surface area contributed by atoms with E-state index < -0.39 is 24.3 Å². The Bertz CT molecular complexity index is 242. The molecule has 0 amide bonds. The highest BCUT2D eigenvalue weighted by atomic mass is 19.1. The van der Waals surface area contributed by atoms with Crippen molar-refractivity contribution in [2.45, 2.75) is 51.2 Å². The van der Waals surface area contributed by atoms with Crippen LogP contribution in [0.4, 0.5) is 4.39 Å². The topological polar surface area (TPSA) is 35.5 Å². The SMILES string of the molecule is C=C[C@@H]1C[C@@H](F)[C@@H]([C@H](CC)OC(C)=O)O1. The first-order valence-electron chi connectivity index (χ1n) is 5.17. The number of esters is 1. The van der Waals surface area contributed by atoms with Gasteiger partial charge in [-0.1, -0.05) is 13.0 Å². The lowest BCUT2D eigenvalue weighted by atomic mass is 10.1. The third kappa shape index (κ3) is 3.02. The van der Waals surface area contributed by atoms with E-state index in [-0.39, 0.29) is 6.10 Å². The van der Waals surface area contributed by atoms with Crippen LogP contribution in [0.1, 0.15) is 26.7 Å². The minimum absolute atomic E-state index is 0.269. The average Bonchev–Trinajstić information content (AvgIpc) is 2.56. The van der Waals surface area contributed by atoms with Crippen molar-refractivity contribution in [3.05, 3.63) is 12.7 Å². The molecule has 86 valence electrons. The molecule has 0 saturated carbocycles. The molecule has 3 nitrogen and oxygen atoms in total. The van der Waals surface area contributed by atoms with Crippen molar-refractivity contribution in [1.82, 2.24) is 0 Å². The number of carbonyl (C=O) groups excluding carboxylic acids is 1. The molecule has 4 atom stereocenters. The number of rotatable bonds is 4. The third-order valence-corrected chi connectivity index (χ3v) is 2.49. The zero-order valence-corrected chi connectivity index (χ0v) is 9.11. The average molecular weight is 216 g/mol. The number of hydrogen-bond acceptors (Lipinski definition) is 3. The van der Waals surface area contributed by atoms with Crippen LogP contribution >= 0.6 is 0 Å². The molecule has 0 bridgehead atoms. The van der Waals surface area contributed by atoms with E-state index in [2.05, 4.69) is 6.58 Å². The lowest BCUT2D eigenvalue weighted by Gasteiger charge is -2.23. The number of halogens is 1. The number of carbonyl (C=O) groups is 1. The predicted octanol–water partition coefficient (Wildman–Crippen LogP) is 2.01. The molecule has 0 N–H and O–H groups in total. The summed E-state index contributed by atoms with van der Waals surface area (Å²) in [6, 6.07) is 0. The van der Waals surface area contributed by atoms with Crippen LogP contribution in [0.25, 0.3) is 0 Å². The maximum Gasteiger partial charge on any atom is 0.302 e. The molecule has 1 aliphatic rings. The summed E-state index contributed by atoms with van der Waals surface area (Å²) in [6.45, 7) is 6.71. The monoisotopic (exact) mass is 216 g/mol. The van der Waals surface area contributed by atoms with Crippen molar-refractivity contribution in [2.24, 2.45) is 0 Å². The highest BCUT2D eigenvalue weighted by Crippen LogP contribution is 2.28. The highest BCUT2D eigenvalue weighted by molar-refractivity contribution is 5.66. The summed E-state index contributed by atoms with van der Waals surface area (Å²) in [4.78, 5) is 10.8. The first kappa shape index (κ1) is 12.2. The van der Waals surface area contributed by atoms with E-state index in [0.717, 1.165) is 0 Å². The minimum atomic E-state index is -1.09. The largest absolute Gasteiger partial charge is 0.460 e. The second kappa shape index (κ2) is 5.26. The number of ether oxygens (including phenoxy) is 2.